The third kappa shape index (κ3) is 3.63. The molecule has 8 nitrogen and oxygen atoms in total. The largest absolute Gasteiger partial charge is 0.342 e. The van der Waals surface area contributed by atoms with Gasteiger partial charge >= 0.3 is 0 Å². The molecule has 1 aromatic carbocycles. The first-order valence-corrected chi connectivity index (χ1v) is 10.6. The minimum atomic E-state index is -0.00565. The number of rotatable bonds is 4. The van der Waals surface area contributed by atoms with Crippen LogP contribution in [0.2, 0.25) is 0 Å². The van der Waals surface area contributed by atoms with Crippen molar-refractivity contribution in [3.05, 3.63) is 57.3 Å². The van der Waals surface area contributed by atoms with Crippen LogP contribution in [0.5, 0.6) is 0 Å². The van der Waals surface area contributed by atoms with Gasteiger partial charge < -0.3 is 9.88 Å². The van der Waals surface area contributed by atoms with Gasteiger partial charge in [0.2, 0.25) is 0 Å². The Morgan fingerprint density at radius 2 is 1.93 bits per heavy atom. The van der Waals surface area contributed by atoms with E-state index in [0.717, 1.165) is 67.0 Å². The number of amides is 1. The highest BCUT2D eigenvalue weighted by Gasteiger charge is 2.23. The second-order valence-corrected chi connectivity index (χ2v) is 8.22. The van der Waals surface area contributed by atoms with Gasteiger partial charge in [0.05, 0.1) is 23.3 Å². The maximum Gasteiger partial charge on any atom is 0.267 e. The maximum absolute atomic E-state index is 12.9. The van der Waals surface area contributed by atoms with Gasteiger partial charge in [-0.15, -0.1) is 0 Å². The number of hydrogen-bond acceptors (Lipinski definition) is 5. The number of H-pyrrole nitrogens is 1. The zero-order valence-corrected chi connectivity index (χ0v) is 17.2. The fourth-order valence-corrected chi connectivity index (χ4v) is 4.46. The zero-order chi connectivity index (χ0) is 20.7. The summed E-state index contributed by atoms with van der Waals surface area (Å²) in [6, 6.07) is 7.38. The van der Waals surface area contributed by atoms with E-state index in [2.05, 4.69) is 20.0 Å². The number of aryl methyl sites for hydroxylation is 3. The molecular weight excluding hydrogens is 380 g/mol. The van der Waals surface area contributed by atoms with E-state index in [1.54, 1.807) is 10.7 Å². The Morgan fingerprint density at radius 3 is 2.77 bits per heavy atom. The summed E-state index contributed by atoms with van der Waals surface area (Å²) in [7, 11) is 0. The van der Waals surface area contributed by atoms with Gasteiger partial charge in [0, 0.05) is 44.4 Å². The van der Waals surface area contributed by atoms with E-state index >= 15 is 0 Å². The molecule has 1 aliphatic heterocycles. The van der Waals surface area contributed by atoms with Gasteiger partial charge in [-0.3, -0.25) is 14.5 Å². The molecule has 0 atom stereocenters. The summed E-state index contributed by atoms with van der Waals surface area (Å²) in [4.78, 5) is 37.0. The van der Waals surface area contributed by atoms with Crippen molar-refractivity contribution in [3.63, 3.8) is 0 Å². The van der Waals surface area contributed by atoms with Crippen LogP contribution in [0.1, 0.15) is 33.9 Å². The number of carbonyl (C=O) groups excluding carboxylic acids is 1. The standard InChI is InChI=1S/C22H26N6O2/c1-15-23-19-6-5-17(13-20(19)24-15)22(30)27-10-7-26(8-11-27)9-12-28-21(29)14-16-3-2-4-18(16)25-28/h5-6,13-14H,2-4,7-12H2,1H3,(H,23,24). The summed E-state index contributed by atoms with van der Waals surface area (Å²) in [6.45, 7) is 6.25. The number of hydrogen-bond donors (Lipinski definition) is 1. The monoisotopic (exact) mass is 406 g/mol. The smallest absolute Gasteiger partial charge is 0.267 e. The zero-order valence-electron chi connectivity index (χ0n) is 17.2. The third-order valence-electron chi connectivity index (χ3n) is 6.16. The van der Waals surface area contributed by atoms with Crippen molar-refractivity contribution in [3.8, 4) is 0 Å². The molecule has 0 spiro atoms. The molecule has 2 aromatic heterocycles. The van der Waals surface area contributed by atoms with Crippen molar-refractivity contribution in [1.29, 1.82) is 0 Å². The summed E-state index contributed by atoms with van der Waals surface area (Å²) in [6.07, 6.45) is 3.04. The fraction of sp³-hybridized carbons (Fsp3) is 0.455. The van der Waals surface area contributed by atoms with Gasteiger partial charge in [0.1, 0.15) is 5.82 Å². The Bertz CT molecular complexity index is 1160. The molecule has 1 amide bonds. The van der Waals surface area contributed by atoms with E-state index in [-0.39, 0.29) is 11.5 Å². The van der Waals surface area contributed by atoms with E-state index in [9.17, 15) is 9.59 Å². The molecular formula is C22H26N6O2. The number of imidazole rings is 1. The lowest BCUT2D eigenvalue weighted by Crippen LogP contribution is -2.49. The lowest BCUT2D eigenvalue weighted by atomic mass is 10.1. The molecule has 1 saturated heterocycles. The SMILES string of the molecule is Cc1nc2ccc(C(=O)N3CCN(CCn4nc5c(cc4=O)CCC5)CC3)cc2[nH]1. The molecule has 0 bridgehead atoms. The third-order valence-corrected chi connectivity index (χ3v) is 6.16. The number of aromatic amines is 1. The molecule has 8 heteroatoms. The average molecular weight is 406 g/mol. The molecule has 2 aliphatic rings. The minimum absolute atomic E-state index is 0.00565. The van der Waals surface area contributed by atoms with Gasteiger partial charge in [0.25, 0.3) is 11.5 Å². The number of piperazine rings is 1. The van der Waals surface area contributed by atoms with Gasteiger partial charge in [-0.2, -0.15) is 5.10 Å². The van der Waals surface area contributed by atoms with E-state index < -0.39 is 0 Å². The Labute approximate surface area is 174 Å². The summed E-state index contributed by atoms with van der Waals surface area (Å²) in [5.74, 6) is 0.903. The first-order chi connectivity index (χ1) is 14.6. The van der Waals surface area contributed by atoms with Crippen molar-refractivity contribution < 1.29 is 4.79 Å². The van der Waals surface area contributed by atoms with Gasteiger partial charge in [0.15, 0.2) is 0 Å². The molecule has 0 unspecified atom stereocenters. The van der Waals surface area contributed by atoms with Crippen LogP contribution in [0, 0.1) is 6.92 Å². The van der Waals surface area contributed by atoms with Crippen molar-refractivity contribution in [2.24, 2.45) is 0 Å². The molecule has 156 valence electrons. The minimum Gasteiger partial charge on any atom is -0.342 e. The second kappa shape index (κ2) is 7.68. The highest BCUT2D eigenvalue weighted by Crippen LogP contribution is 2.18. The summed E-state index contributed by atoms with van der Waals surface area (Å²) < 4.78 is 1.60. The average Bonchev–Trinajstić information content (AvgIpc) is 3.36. The highest BCUT2D eigenvalue weighted by molar-refractivity contribution is 5.97. The van der Waals surface area contributed by atoms with Crippen molar-refractivity contribution >= 4 is 16.9 Å². The normalized spacial score (nSPS) is 16.9. The molecule has 3 aromatic rings. The predicted octanol–water partition coefficient (Wildman–Crippen LogP) is 1.37. The van der Waals surface area contributed by atoms with E-state index in [0.29, 0.717) is 25.2 Å². The van der Waals surface area contributed by atoms with Crippen LogP contribution in [-0.2, 0) is 19.4 Å². The molecule has 1 N–H and O–H groups in total. The van der Waals surface area contributed by atoms with Crippen LogP contribution in [-0.4, -0.2) is 68.2 Å². The maximum atomic E-state index is 12.9. The Kier molecular flexibility index (Phi) is 4.86. The van der Waals surface area contributed by atoms with Crippen LogP contribution in [0.25, 0.3) is 11.0 Å². The van der Waals surface area contributed by atoms with E-state index in [1.807, 2.05) is 30.0 Å². The number of carbonyl (C=O) groups is 1. The van der Waals surface area contributed by atoms with Gasteiger partial charge in [-0.1, -0.05) is 0 Å². The van der Waals surface area contributed by atoms with Crippen LogP contribution < -0.4 is 5.56 Å². The number of aromatic nitrogens is 4. The first kappa shape index (κ1) is 19.0. The topological polar surface area (TPSA) is 87.1 Å². The lowest BCUT2D eigenvalue weighted by molar-refractivity contribution is 0.0631. The van der Waals surface area contributed by atoms with Crippen molar-refractivity contribution in [2.45, 2.75) is 32.7 Å². The molecule has 5 rings (SSSR count). The number of nitrogens with zero attached hydrogens (tertiary/aromatic N) is 5. The van der Waals surface area contributed by atoms with E-state index in [4.69, 9.17) is 0 Å². The number of benzene rings is 1. The summed E-state index contributed by atoms with van der Waals surface area (Å²) >= 11 is 0. The fourth-order valence-electron chi connectivity index (χ4n) is 4.46. The lowest BCUT2D eigenvalue weighted by Gasteiger charge is -2.34. The molecule has 30 heavy (non-hydrogen) atoms. The Balaban J connectivity index is 1.18. The van der Waals surface area contributed by atoms with E-state index in [1.165, 1.54) is 0 Å². The van der Waals surface area contributed by atoms with Gasteiger partial charge in [-0.05, 0) is 49.9 Å². The Morgan fingerprint density at radius 1 is 1.10 bits per heavy atom. The molecule has 0 saturated carbocycles. The Hall–Kier alpha value is -3.00. The first-order valence-electron chi connectivity index (χ1n) is 10.6. The van der Waals surface area contributed by atoms with Crippen LogP contribution in [0.3, 0.4) is 0 Å². The quantitative estimate of drug-likeness (QED) is 0.707. The van der Waals surface area contributed by atoms with Crippen molar-refractivity contribution in [2.75, 3.05) is 32.7 Å². The molecule has 3 heterocycles. The summed E-state index contributed by atoms with van der Waals surface area (Å²) in [5.41, 5.74) is 4.65. The highest BCUT2D eigenvalue weighted by atomic mass is 16.2. The number of nitrogens with one attached hydrogen (secondary N) is 1. The van der Waals surface area contributed by atoms with Crippen LogP contribution >= 0.6 is 0 Å². The molecule has 1 aliphatic carbocycles. The van der Waals surface area contributed by atoms with Crippen LogP contribution in [0.4, 0.5) is 0 Å². The second-order valence-electron chi connectivity index (χ2n) is 8.22. The van der Waals surface area contributed by atoms with Gasteiger partial charge in [-0.25, -0.2) is 9.67 Å². The summed E-state index contributed by atoms with van der Waals surface area (Å²) in [5, 5.41) is 4.55. The molecule has 0 radical (unpaired) electrons. The number of fused-ring (bicyclic) bond motifs is 2. The van der Waals surface area contributed by atoms with Crippen molar-refractivity contribution in [1.82, 2.24) is 29.5 Å². The molecule has 1 fully saturated rings. The predicted molar refractivity (Wildman–Crippen MR) is 114 cm³/mol. The van der Waals surface area contributed by atoms with Crippen LogP contribution in [0.15, 0.2) is 29.1 Å².